The summed E-state index contributed by atoms with van der Waals surface area (Å²) >= 11 is 9.42. The molecule has 0 aliphatic heterocycles. The van der Waals surface area contributed by atoms with Crippen molar-refractivity contribution in [2.24, 2.45) is 0 Å². The predicted octanol–water partition coefficient (Wildman–Crippen LogP) is 4.16. The van der Waals surface area contributed by atoms with Crippen LogP contribution in [0.5, 0.6) is 0 Å². The minimum Gasteiger partial charge on any atom is -0.187 e. The van der Waals surface area contributed by atoms with Crippen molar-refractivity contribution in [1.82, 2.24) is 19.8 Å². The van der Waals surface area contributed by atoms with Gasteiger partial charge in [0.2, 0.25) is 4.96 Å². The van der Waals surface area contributed by atoms with Crippen molar-refractivity contribution in [3.8, 4) is 9.88 Å². The number of rotatable bonds is 3. The second-order valence-corrected chi connectivity index (χ2v) is 6.77. The second-order valence-electron chi connectivity index (χ2n) is 4.46. The zero-order valence-corrected chi connectivity index (χ0v) is 13.1. The zero-order chi connectivity index (χ0) is 14.2. The van der Waals surface area contributed by atoms with E-state index in [9.17, 15) is 0 Å². The van der Waals surface area contributed by atoms with Crippen molar-refractivity contribution >= 4 is 39.2 Å². The Bertz CT molecular complexity index is 895. The maximum atomic E-state index is 6.21. The van der Waals surface area contributed by atoms with Gasteiger partial charge in [-0.05, 0) is 23.1 Å². The first kappa shape index (κ1) is 12.9. The van der Waals surface area contributed by atoms with Gasteiger partial charge in [-0.2, -0.15) is 9.61 Å². The van der Waals surface area contributed by atoms with Crippen molar-refractivity contribution < 1.29 is 0 Å². The van der Waals surface area contributed by atoms with Crippen molar-refractivity contribution in [2.75, 3.05) is 0 Å². The number of hydrogen-bond acceptors (Lipinski definition) is 5. The molecule has 0 saturated carbocycles. The van der Waals surface area contributed by atoms with Crippen LogP contribution in [0.3, 0.4) is 0 Å². The lowest BCUT2D eigenvalue weighted by Gasteiger charge is -2.00. The van der Waals surface area contributed by atoms with Crippen molar-refractivity contribution in [3.05, 3.63) is 58.2 Å². The van der Waals surface area contributed by atoms with Crippen LogP contribution in [0.4, 0.5) is 0 Å². The van der Waals surface area contributed by atoms with E-state index in [-0.39, 0.29) is 0 Å². The molecule has 7 heteroatoms. The van der Waals surface area contributed by atoms with Gasteiger partial charge in [-0.3, -0.25) is 0 Å². The van der Waals surface area contributed by atoms with Crippen LogP contribution in [-0.4, -0.2) is 19.8 Å². The monoisotopic (exact) mass is 332 g/mol. The van der Waals surface area contributed by atoms with Crippen LogP contribution in [0.25, 0.3) is 14.8 Å². The highest BCUT2D eigenvalue weighted by molar-refractivity contribution is 7.23. The van der Waals surface area contributed by atoms with Crippen LogP contribution in [0.1, 0.15) is 11.4 Å². The Morgan fingerprint density at radius 1 is 1.10 bits per heavy atom. The summed E-state index contributed by atoms with van der Waals surface area (Å²) in [7, 11) is 0. The Balaban J connectivity index is 1.75. The topological polar surface area (TPSA) is 43.1 Å². The molecule has 21 heavy (non-hydrogen) atoms. The van der Waals surface area contributed by atoms with E-state index in [4.69, 9.17) is 11.6 Å². The SMILES string of the molecule is Clc1ccccc1Cc1nnc2sc(-c3cccs3)nn12. The number of hydrogen-bond donors (Lipinski definition) is 0. The molecule has 0 saturated heterocycles. The van der Waals surface area contributed by atoms with Gasteiger partial charge < -0.3 is 0 Å². The fourth-order valence-corrected chi connectivity index (χ4v) is 3.93. The molecule has 1 aromatic carbocycles. The molecule has 3 aromatic heterocycles. The van der Waals surface area contributed by atoms with Gasteiger partial charge in [0.05, 0.1) is 4.88 Å². The van der Waals surface area contributed by atoms with Gasteiger partial charge in [0.1, 0.15) is 0 Å². The zero-order valence-electron chi connectivity index (χ0n) is 10.7. The van der Waals surface area contributed by atoms with Crippen molar-refractivity contribution in [3.63, 3.8) is 0 Å². The Labute approximate surface area is 133 Å². The van der Waals surface area contributed by atoms with E-state index in [0.717, 1.165) is 31.3 Å². The highest BCUT2D eigenvalue weighted by Crippen LogP contribution is 2.29. The molecule has 0 N–H and O–H groups in total. The fraction of sp³-hybridized carbons (Fsp3) is 0.0714. The van der Waals surface area contributed by atoms with E-state index < -0.39 is 0 Å². The van der Waals surface area contributed by atoms with Crippen LogP contribution in [0, 0.1) is 0 Å². The fourth-order valence-electron chi connectivity index (χ4n) is 2.08. The largest absolute Gasteiger partial charge is 0.235 e. The third kappa shape index (κ3) is 2.35. The first-order chi connectivity index (χ1) is 10.3. The molecule has 0 aliphatic rings. The Hall–Kier alpha value is -1.76. The average Bonchev–Trinajstić information content (AvgIpc) is 3.18. The van der Waals surface area contributed by atoms with E-state index in [1.165, 1.54) is 0 Å². The van der Waals surface area contributed by atoms with Gasteiger partial charge in [0.25, 0.3) is 0 Å². The summed E-state index contributed by atoms with van der Waals surface area (Å²) in [5, 5.41) is 16.8. The quantitative estimate of drug-likeness (QED) is 0.566. The molecule has 3 heterocycles. The normalized spacial score (nSPS) is 11.3. The lowest BCUT2D eigenvalue weighted by molar-refractivity contribution is 0.855. The number of thiophene rings is 1. The van der Waals surface area contributed by atoms with Crippen LogP contribution in [-0.2, 0) is 6.42 Å². The molecular formula is C14H9ClN4S2. The van der Waals surface area contributed by atoms with E-state index in [2.05, 4.69) is 21.4 Å². The molecule has 0 bridgehead atoms. The highest BCUT2D eigenvalue weighted by Gasteiger charge is 2.14. The van der Waals surface area contributed by atoms with Crippen LogP contribution >= 0.6 is 34.3 Å². The van der Waals surface area contributed by atoms with Gasteiger partial charge in [-0.15, -0.1) is 21.5 Å². The molecule has 4 nitrogen and oxygen atoms in total. The molecule has 0 amide bonds. The summed E-state index contributed by atoms with van der Waals surface area (Å²) in [5.41, 5.74) is 1.03. The summed E-state index contributed by atoms with van der Waals surface area (Å²) in [6, 6.07) is 11.8. The number of benzene rings is 1. The molecule has 0 unspecified atom stereocenters. The Kier molecular flexibility index (Phi) is 3.21. The van der Waals surface area contributed by atoms with E-state index >= 15 is 0 Å². The van der Waals surface area contributed by atoms with Gasteiger partial charge >= 0.3 is 0 Å². The lowest BCUT2D eigenvalue weighted by Crippen LogP contribution is -1.98. The second kappa shape index (κ2) is 5.22. The maximum absolute atomic E-state index is 6.21. The van der Waals surface area contributed by atoms with E-state index in [1.807, 2.05) is 40.2 Å². The summed E-state index contributed by atoms with van der Waals surface area (Å²) in [4.78, 5) is 1.95. The first-order valence-corrected chi connectivity index (χ1v) is 8.37. The Morgan fingerprint density at radius 2 is 2.00 bits per heavy atom. The van der Waals surface area contributed by atoms with E-state index in [0.29, 0.717) is 6.42 Å². The molecule has 0 atom stereocenters. The lowest BCUT2D eigenvalue weighted by atomic mass is 10.1. The number of halogens is 1. The standard InChI is InChI=1S/C14H9ClN4S2/c15-10-5-2-1-4-9(10)8-12-16-17-14-19(12)18-13(21-14)11-6-3-7-20-11/h1-7H,8H2. The van der Waals surface area contributed by atoms with E-state index in [1.54, 1.807) is 22.7 Å². The first-order valence-electron chi connectivity index (χ1n) is 6.29. The van der Waals surface area contributed by atoms with Crippen LogP contribution in [0.15, 0.2) is 41.8 Å². The highest BCUT2D eigenvalue weighted by atomic mass is 35.5. The minimum atomic E-state index is 0.619. The van der Waals surface area contributed by atoms with Gasteiger partial charge in [-0.1, -0.05) is 47.2 Å². The molecule has 0 aliphatic carbocycles. The number of fused-ring (bicyclic) bond motifs is 1. The average molecular weight is 333 g/mol. The maximum Gasteiger partial charge on any atom is 0.235 e. The van der Waals surface area contributed by atoms with Gasteiger partial charge in [-0.25, -0.2) is 0 Å². The molecule has 104 valence electrons. The van der Waals surface area contributed by atoms with Crippen LogP contribution in [0.2, 0.25) is 5.02 Å². The summed E-state index contributed by atoms with van der Waals surface area (Å²) in [6.45, 7) is 0. The summed E-state index contributed by atoms with van der Waals surface area (Å²) in [5.74, 6) is 0.803. The van der Waals surface area contributed by atoms with Crippen molar-refractivity contribution in [1.29, 1.82) is 0 Å². The van der Waals surface area contributed by atoms with Crippen LogP contribution < -0.4 is 0 Å². The predicted molar refractivity (Wildman–Crippen MR) is 86.2 cm³/mol. The minimum absolute atomic E-state index is 0.619. The summed E-state index contributed by atoms with van der Waals surface area (Å²) in [6.07, 6.45) is 0.619. The number of nitrogens with zero attached hydrogens (tertiary/aromatic N) is 4. The van der Waals surface area contributed by atoms with Gasteiger partial charge in [0, 0.05) is 11.4 Å². The van der Waals surface area contributed by atoms with Gasteiger partial charge in [0.15, 0.2) is 10.8 Å². The molecule has 4 rings (SSSR count). The molecule has 0 radical (unpaired) electrons. The molecule has 0 spiro atoms. The Morgan fingerprint density at radius 3 is 2.81 bits per heavy atom. The summed E-state index contributed by atoms with van der Waals surface area (Å²) < 4.78 is 1.81. The third-order valence-corrected chi connectivity index (χ3v) is 5.40. The number of aromatic nitrogens is 4. The smallest absolute Gasteiger partial charge is 0.187 e. The molecule has 0 fully saturated rings. The molecule has 4 aromatic rings. The molecular weight excluding hydrogens is 324 g/mol. The third-order valence-electron chi connectivity index (χ3n) is 3.09. The van der Waals surface area contributed by atoms with Crippen molar-refractivity contribution in [2.45, 2.75) is 6.42 Å².